The molecular formula is C21H26N4O4. The largest absolute Gasteiger partial charge is 0.450 e. The number of carbonyl (C=O) groups is 2. The van der Waals surface area contributed by atoms with Gasteiger partial charge in [-0.1, -0.05) is 38.1 Å². The zero-order valence-electron chi connectivity index (χ0n) is 17.0. The van der Waals surface area contributed by atoms with E-state index in [4.69, 9.17) is 4.74 Å². The molecule has 1 fully saturated rings. The van der Waals surface area contributed by atoms with Crippen molar-refractivity contribution in [1.29, 1.82) is 0 Å². The molecule has 0 atom stereocenters. The lowest BCUT2D eigenvalue weighted by Crippen LogP contribution is -2.51. The summed E-state index contributed by atoms with van der Waals surface area (Å²) in [5.41, 5.74) is 2.05. The minimum absolute atomic E-state index is 0.192. The van der Waals surface area contributed by atoms with Crippen LogP contribution >= 0.6 is 0 Å². The fraction of sp³-hybridized carbons (Fsp3) is 0.429. The number of ether oxygens (including phenoxy) is 1. The van der Waals surface area contributed by atoms with Gasteiger partial charge >= 0.3 is 11.8 Å². The first-order chi connectivity index (χ1) is 13.9. The monoisotopic (exact) mass is 398 g/mol. The number of nitrogens with zero attached hydrogens (tertiary/aromatic N) is 3. The molecule has 0 unspecified atom stereocenters. The average molecular weight is 398 g/mol. The van der Waals surface area contributed by atoms with E-state index in [2.05, 4.69) is 23.8 Å². The third kappa shape index (κ3) is 4.82. The van der Waals surface area contributed by atoms with Crippen LogP contribution in [0.5, 0.6) is 0 Å². The number of rotatable bonds is 4. The molecule has 0 bridgehead atoms. The Labute approximate surface area is 169 Å². The van der Waals surface area contributed by atoms with Crippen molar-refractivity contribution < 1.29 is 14.3 Å². The smallest absolute Gasteiger partial charge is 0.409 e. The summed E-state index contributed by atoms with van der Waals surface area (Å²) in [5, 5.41) is 0. The molecule has 0 aliphatic carbocycles. The molecule has 1 saturated heterocycles. The maximum absolute atomic E-state index is 12.9. The molecule has 1 aliphatic rings. The van der Waals surface area contributed by atoms with Crippen LogP contribution in [0, 0.1) is 0 Å². The van der Waals surface area contributed by atoms with Crippen molar-refractivity contribution in [1.82, 2.24) is 19.8 Å². The van der Waals surface area contributed by atoms with Crippen molar-refractivity contribution in [3.05, 3.63) is 52.1 Å². The highest BCUT2D eigenvalue weighted by Crippen LogP contribution is 2.21. The van der Waals surface area contributed by atoms with Gasteiger partial charge in [-0.2, -0.15) is 4.98 Å². The van der Waals surface area contributed by atoms with Crippen LogP contribution in [0.1, 0.15) is 42.7 Å². The number of aromatic amines is 1. The lowest BCUT2D eigenvalue weighted by Gasteiger charge is -2.33. The number of H-pyrrole nitrogens is 1. The first kappa shape index (κ1) is 20.6. The molecule has 3 rings (SSSR count). The molecule has 1 aliphatic heterocycles. The average Bonchev–Trinajstić information content (AvgIpc) is 2.73. The number of piperazine rings is 1. The predicted octanol–water partition coefficient (Wildman–Crippen LogP) is 2.47. The molecule has 8 nitrogen and oxygen atoms in total. The standard InChI is InChI=1S/C21H26N4O4/c1-4-29-21(28)25-11-9-24(10-12-25)19(26)18-13-17(22-20(27)23-18)16-7-5-15(6-8-16)14(2)3/h5-8,13-14H,4,9-12H2,1-3H3,(H,22,23,27). The summed E-state index contributed by atoms with van der Waals surface area (Å²) in [5.74, 6) is 0.120. The summed E-state index contributed by atoms with van der Waals surface area (Å²) >= 11 is 0. The number of benzene rings is 1. The van der Waals surface area contributed by atoms with E-state index in [9.17, 15) is 14.4 Å². The number of carbonyl (C=O) groups excluding carboxylic acids is 2. The number of hydrogen-bond donors (Lipinski definition) is 1. The van der Waals surface area contributed by atoms with Gasteiger partial charge in [0.05, 0.1) is 12.3 Å². The maximum atomic E-state index is 12.9. The van der Waals surface area contributed by atoms with Gasteiger partial charge in [-0.15, -0.1) is 0 Å². The van der Waals surface area contributed by atoms with Crippen LogP contribution in [0.4, 0.5) is 4.79 Å². The van der Waals surface area contributed by atoms with Crippen LogP contribution in [0.15, 0.2) is 35.1 Å². The van der Waals surface area contributed by atoms with E-state index in [0.29, 0.717) is 44.4 Å². The van der Waals surface area contributed by atoms with Gasteiger partial charge < -0.3 is 19.5 Å². The normalized spacial score (nSPS) is 14.2. The molecule has 154 valence electrons. The third-order valence-corrected chi connectivity index (χ3v) is 4.94. The number of hydrogen-bond acceptors (Lipinski definition) is 5. The van der Waals surface area contributed by atoms with Gasteiger partial charge in [-0.3, -0.25) is 4.79 Å². The molecule has 2 heterocycles. The molecule has 2 amide bonds. The fourth-order valence-corrected chi connectivity index (χ4v) is 3.24. The van der Waals surface area contributed by atoms with E-state index in [1.807, 2.05) is 24.3 Å². The molecule has 29 heavy (non-hydrogen) atoms. The zero-order valence-corrected chi connectivity index (χ0v) is 17.0. The summed E-state index contributed by atoms with van der Waals surface area (Å²) < 4.78 is 4.99. The maximum Gasteiger partial charge on any atom is 0.409 e. The molecule has 1 N–H and O–H groups in total. The molecule has 8 heteroatoms. The number of nitrogens with one attached hydrogen (secondary N) is 1. The topological polar surface area (TPSA) is 95.6 Å². The van der Waals surface area contributed by atoms with Crippen LogP contribution in [-0.4, -0.2) is 64.6 Å². The quantitative estimate of drug-likeness (QED) is 0.854. The molecule has 0 saturated carbocycles. The molecule has 1 aromatic carbocycles. The summed E-state index contributed by atoms with van der Waals surface area (Å²) in [6.07, 6.45) is -0.371. The van der Waals surface area contributed by atoms with E-state index >= 15 is 0 Å². The van der Waals surface area contributed by atoms with Crippen molar-refractivity contribution in [3.63, 3.8) is 0 Å². The van der Waals surface area contributed by atoms with Gasteiger partial charge in [0.15, 0.2) is 0 Å². The molecule has 1 aromatic heterocycles. The highest BCUT2D eigenvalue weighted by molar-refractivity contribution is 5.93. The van der Waals surface area contributed by atoms with Gasteiger partial charge in [-0.05, 0) is 24.5 Å². The zero-order chi connectivity index (χ0) is 21.0. The second-order valence-corrected chi connectivity index (χ2v) is 7.24. The number of amides is 2. The van der Waals surface area contributed by atoms with E-state index < -0.39 is 5.69 Å². The summed E-state index contributed by atoms with van der Waals surface area (Å²) in [4.78, 5) is 46.5. The second-order valence-electron chi connectivity index (χ2n) is 7.24. The van der Waals surface area contributed by atoms with Crippen LogP contribution in [0.25, 0.3) is 11.3 Å². The van der Waals surface area contributed by atoms with Crippen molar-refractivity contribution in [2.75, 3.05) is 32.8 Å². The Kier molecular flexibility index (Phi) is 6.31. The minimum Gasteiger partial charge on any atom is -0.450 e. The van der Waals surface area contributed by atoms with Crippen LogP contribution in [0.2, 0.25) is 0 Å². The Morgan fingerprint density at radius 1 is 1.10 bits per heavy atom. The first-order valence-corrected chi connectivity index (χ1v) is 9.81. The Morgan fingerprint density at radius 3 is 2.31 bits per heavy atom. The van der Waals surface area contributed by atoms with Gasteiger partial charge in [0, 0.05) is 31.7 Å². The summed E-state index contributed by atoms with van der Waals surface area (Å²) in [6, 6.07) is 9.41. The predicted molar refractivity (Wildman–Crippen MR) is 109 cm³/mol. The van der Waals surface area contributed by atoms with Crippen molar-refractivity contribution in [3.8, 4) is 11.3 Å². The SMILES string of the molecule is CCOC(=O)N1CCN(C(=O)c2cc(-c3ccc(C(C)C)cc3)nc(=O)[nH]2)CC1. The molecule has 2 aromatic rings. The molecular weight excluding hydrogens is 372 g/mol. The Morgan fingerprint density at radius 2 is 1.72 bits per heavy atom. The van der Waals surface area contributed by atoms with E-state index in [-0.39, 0.29) is 17.7 Å². The highest BCUT2D eigenvalue weighted by Gasteiger charge is 2.26. The first-order valence-electron chi connectivity index (χ1n) is 9.81. The van der Waals surface area contributed by atoms with Gasteiger partial charge in [-0.25, -0.2) is 9.59 Å². The van der Waals surface area contributed by atoms with Crippen molar-refractivity contribution in [2.24, 2.45) is 0 Å². The Bertz CT molecular complexity index is 928. The van der Waals surface area contributed by atoms with Gasteiger partial charge in [0.25, 0.3) is 5.91 Å². The van der Waals surface area contributed by atoms with Crippen LogP contribution < -0.4 is 5.69 Å². The minimum atomic E-state index is -0.566. The highest BCUT2D eigenvalue weighted by atomic mass is 16.6. The van der Waals surface area contributed by atoms with Gasteiger partial charge in [0.1, 0.15) is 5.69 Å². The second kappa shape index (κ2) is 8.89. The summed E-state index contributed by atoms with van der Waals surface area (Å²) in [7, 11) is 0. The van der Waals surface area contributed by atoms with Gasteiger partial charge in [0.2, 0.25) is 0 Å². The van der Waals surface area contributed by atoms with E-state index in [1.54, 1.807) is 22.8 Å². The van der Waals surface area contributed by atoms with Crippen molar-refractivity contribution in [2.45, 2.75) is 26.7 Å². The molecule has 0 radical (unpaired) electrons. The lowest BCUT2D eigenvalue weighted by atomic mass is 10.0. The third-order valence-electron chi connectivity index (χ3n) is 4.94. The van der Waals surface area contributed by atoms with E-state index in [1.165, 1.54) is 5.56 Å². The lowest BCUT2D eigenvalue weighted by molar-refractivity contribution is 0.0565. The fourth-order valence-electron chi connectivity index (χ4n) is 3.24. The van der Waals surface area contributed by atoms with Crippen molar-refractivity contribution >= 4 is 12.0 Å². The Balaban J connectivity index is 1.75. The summed E-state index contributed by atoms with van der Waals surface area (Å²) in [6.45, 7) is 7.83. The van der Waals surface area contributed by atoms with E-state index in [0.717, 1.165) is 5.56 Å². The van der Waals surface area contributed by atoms with Crippen LogP contribution in [0.3, 0.4) is 0 Å². The molecule has 0 spiro atoms. The number of aromatic nitrogens is 2. The van der Waals surface area contributed by atoms with Crippen LogP contribution in [-0.2, 0) is 4.74 Å². The Hall–Kier alpha value is -3.16.